The van der Waals surface area contributed by atoms with Gasteiger partial charge in [0.2, 0.25) is 5.91 Å². The minimum absolute atomic E-state index is 0.238. The molecule has 0 radical (unpaired) electrons. The van der Waals surface area contributed by atoms with Gasteiger partial charge in [0.25, 0.3) is 5.92 Å². The van der Waals surface area contributed by atoms with Gasteiger partial charge >= 0.3 is 0 Å². The normalized spacial score (nSPS) is 21.7. The molecule has 1 fully saturated rings. The average molecular weight is 282 g/mol. The lowest BCUT2D eigenvalue weighted by atomic mass is 9.84. The Labute approximate surface area is 117 Å². The summed E-state index contributed by atoms with van der Waals surface area (Å²) in [6.07, 6.45) is -0.426. The topological polar surface area (TPSA) is 41.1 Å². The van der Waals surface area contributed by atoms with E-state index in [1.807, 2.05) is 44.2 Å². The number of hydrogen-bond acceptors (Lipinski definition) is 2. The first kappa shape index (κ1) is 14.9. The van der Waals surface area contributed by atoms with Crippen molar-refractivity contribution in [2.45, 2.75) is 37.6 Å². The van der Waals surface area contributed by atoms with Crippen molar-refractivity contribution in [1.82, 2.24) is 10.6 Å². The summed E-state index contributed by atoms with van der Waals surface area (Å²) in [4.78, 5) is 11.9. The van der Waals surface area contributed by atoms with Gasteiger partial charge in [-0.3, -0.25) is 10.1 Å². The van der Waals surface area contributed by atoms with Crippen molar-refractivity contribution in [2.75, 3.05) is 13.1 Å². The van der Waals surface area contributed by atoms with Gasteiger partial charge in [-0.1, -0.05) is 44.2 Å². The molecule has 0 saturated carbocycles. The molecule has 1 unspecified atom stereocenters. The maximum Gasteiger partial charge on any atom is 0.262 e. The number of alkyl halides is 2. The van der Waals surface area contributed by atoms with Crippen LogP contribution < -0.4 is 10.6 Å². The Bertz CT molecular complexity index is 474. The highest BCUT2D eigenvalue weighted by atomic mass is 19.3. The van der Waals surface area contributed by atoms with Crippen molar-refractivity contribution in [3.8, 4) is 0 Å². The van der Waals surface area contributed by atoms with E-state index in [0.29, 0.717) is 6.54 Å². The summed E-state index contributed by atoms with van der Waals surface area (Å²) in [6.45, 7) is 4.02. The molecule has 1 aromatic rings. The molecule has 2 N–H and O–H groups in total. The standard InChI is InChI=1S/C15H20F2N2O/c1-14(2,11-6-4-3-5-7-11)9-19-13(20)12-8-15(16,17)10-18-12/h3-7,12,18H,8-10H2,1-2H3,(H,19,20). The van der Waals surface area contributed by atoms with Crippen LogP contribution in [0.1, 0.15) is 25.8 Å². The van der Waals surface area contributed by atoms with E-state index in [1.54, 1.807) is 0 Å². The molecular formula is C15H20F2N2O. The summed E-state index contributed by atoms with van der Waals surface area (Å²) >= 11 is 0. The smallest absolute Gasteiger partial charge is 0.262 e. The third kappa shape index (κ3) is 3.54. The van der Waals surface area contributed by atoms with Gasteiger partial charge in [0, 0.05) is 18.4 Å². The maximum atomic E-state index is 13.1. The van der Waals surface area contributed by atoms with Crippen LogP contribution in [-0.2, 0) is 10.2 Å². The molecule has 2 rings (SSSR count). The number of carbonyl (C=O) groups excluding carboxylic acids is 1. The van der Waals surface area contributed by atoms with E-state index in [-0.39, 0.29) is 11.3 Å². The van der Waals surface area contributed by atoms with Gasteiger partial charge in [-0.2, -0.15) is 0 Å². The van der Waals surface area contributed by atoms with E-state index in [0.717, 1.165) is 5.56 Å². The van der Waals surface area contributed by atoms with Gasteiger partial charge in [0.05, 0.1) is 12.6 Å². The number of rotatable bonds is 4. The lowest BCUT2D eigenvalue weighted by molar-refractivity contribution is -0.123. The zero-order valence-electron chi connectivity index (χ0n) is 11.7. The van der Waals surface area contributed by atoms with Crippen molar-refractivity contribution in [3.63, 3.8) is 0 Å². The van der Waals surface area contributed by atoms with Crippen molar-refractivity contribution < 1.29 is 13.6 Å². The highest BCUT2D eigenvalue weighted by molar-refractivity contribution is 5.82. The third-order valence-corrected chi connectivity index (χ3v) is 3.69. The van der Waals surface area contributed by atoms with Crippen molar-refractivity contribution in [1.29, 1.82) is 0 Å². The number of nitrogens with one attached hydrogen (secondary N) is 2. The van der Waals surface area contributed by atoms with Crippen LogP contribution in [0.3, 0.4) is 0 Å². The molecule has 1 aliphatic rings. The third-order valence-electron chi connectivity index (χ3n) is 3.69. The first-order chi connectivity index (χ1) is 9.30. The summed E-state index contributed by atoms with van der Waals surface area (Å²) < 4.78 is 26.1. The number of benzene rings is 1. The van der Waals surface area contributed by atoms with E-state index < -0.39 is 24.9 Å². The number of hydrogen-bond donors (Lipinski definition) is 2. The van der Waals surface area contributed by atoms with Crippen LogP contribution in [0, 0.1) is 0 Å². The molecule has 1 heterocycles. The highest BCUT2D eigenvalue weighted by Gasteiger charge is 2.42. The predicted octanol–water partition coefficient (Wildman–Crippen LogP) is 2.08. The van der Waals surface area contributed by atoms with Crippen LogP contribution in [0.4, 0.5) is 8.78 Å². The minimum atomic E-state index is -2.78. The van der Waals surface area contributed by atoms with Crippen LogP contribution >= 0.6 is 0 Å². The van der Waals surface area contributed by atoms with Gasteiger partial charge < -0.3 is 5.32 Å². The van der Waals surface area contributed by atoms with E-state index in [9.17, 15) is 13.6 Å². The Kier molecular flexibility index (Phi) is 4.09. The van der Waals surface area contributed by atoms with Gasteiger partial charge in [-0.25, -0.2) is 8.78 Å². The Morgan fingerprint density at radius 3 is 2.60 bits per heavy atom. The SMILES string of the molecule is CC(C)(CNC(=O)C1CC(F)(F)CN1)c1ccccc1. The maximum absolute atomic E-state index is 13.1. The van der Waals surface area contributed by atoms with E-state index in [1.165, 1.54) is 0 Å². The monoisotopic (exact) mass is 282 g/mol. The molecule has 5 heteroatoms. The Balaban J connectivity index is 1.90. The first-order valence-corrected chi connectivity index (χ1v) is 6.75. The second-order valence-corrected chi connectivity index (χ2v) is 5.96. The van der Waals surface area contributed by atoms with Crippen LogP contribution in [0.2, 0.25) is 0 Å². The number of carbonyl (C=O) groups is 1. The largest absolute Gasteiger partial charge is 0.354 e. The van der Waals surface area contributed by atoms with E-state index in [4.69, 9.17) is 0 Å². The molecule has 0 aromatic heterocycles. The molecule has 110 valence electrons. The second kappa shape index (κ2) is 5.48. The summed E-state index contributed by atoms with van der Waals surface area (Å²) in [5.41, 5.74) is 0.864. The molecule has 1 saturated heterocycles. The molecular weight excluding hydrogens is 262 g/mol. The molecule has 20 heavy (non-hydrogen) atoms. The summed E-state index contributed by atoms with van der Waals surface area (Å²) in [6, 6.07) is 9.01. The molecule has 3 nitrogen and oxygen atoms in total. The molecule has 0 spiro atoms. The van der Waals surface area contributed by atoms with Crippen LogP contribution in [0.15, 0.2) is 30.3 Å². The summed E-state index contributed by atoms with van der Waals surface area (Å²) in [5.74, 6) is -3.14. The lowest BCUT2D eigenvalue weighted by Gasteiger charge is -2.26. The fourth-order valence-corrected chi connectivity index (χ4v) is 2.32. The van der Waals surface area contributed by atoms with Crippen molar-refractivity contribution in [2.24, 2.45) is 0 Å². The first-order valence-electron chi connectivity index (χ1n) is 6.75. The predicted molar refractivity (Wildman–Crippen MR) is 73.8 cm³/mol. The zero-order chi connectivity index (χ0) is 14.8. The van der Waals surface area contributed by atoms with Crippen molar-refractivity contribution >= 4 is 5.91 Å². The fourth-order valence-electron chi connectivity index (χ4n) is 2.32. The molecule has 0 bridgehead atoms. The fraction of sp³-hybridized carbons (Fsp3) is 0.533. The van der Waals surface area contributed by atoms with E-state index >= 15 is 0 Å². The van der Waals surface area contributed by atoms with Gasteiger partial charge in [0.15, 0.2) is 0 Å². The summed E-state index contributed by atoms with van der Waals surface area (Å²) in [5, 5.41) is 5.33. The molecule has 0 aliphatic carbocycles. The highest BCUT2D eigenvalue weighted by Crippen LogP contribution is 2.26. The summed E-state index contributed by atoms with van der Waals surface area (Å²) in [7, 11) is 0. The van der Waals surface area contributed by atoms with Gasteiger partial charge in [-0.15, -0.1) is 0 Å². The quantitative estimate of drug-likeness (QED) is 0.887. The average Bonchev–Trinajstić information content (AvgIpc) is 2.78. The minimum Gasteiger partial charge on any atom is -0.354 e. The Morgan fingerprint density at radius 2 is 2.05 bits per heavy atom. The molecule has 1 aromatic carbocycles. The number of amides is 1. The van der Waals surface area contributed by atoms with Crippen molar-refractivity contribution in [3.05, 3.63) is 35.9 Å². The molecule has 1 aliphatic heterocycles. The van der Waals surface area contributed by atoms with Gasteiger partial charge in [-0.05, 0) is 5.56 Å². The molecule has 1 amide bonds. The van der Waals surface area contributed by atoms with Crippen LogP contribution in [0.25, 0.3) is 0 Å². The van der Waals surface area contributed by atoms with E-state index in [2.05, 4.69) is 10.6 Å². The lowest BCUT2D eigenvalue weighted by Crippen LogP contribution is -2.45. The van der Waals surface area contributed by atoms with Gasteiger partial charge in [0.1, 0.15) is 0 Å². The second-order valence-electron chi connectivity index (χ2n) is 5.96. The molecule has 1 atom stereocenters. The zero-order valence-corrected chi connectivity index (χ0v) is 11.7. The Hall–Kier alpha value is -1.49. The number of halogens is 2. The van der Waals surface area contributed by atoms with Crippen LogP contribution in [-0.4, -0.2) is 31.0 Å². The van der Waals surface area contributed by atoms with Crippen LogP contribution in [0.5, 0.6) is 0 Å². The Morgan fingerprint density at radius 1 is 1.40 bits per heavy atom.